The van der Waals surface area contributed by atoms with Crippen molar-refractivity contribution in [2.24, 2.45) is 0 Å². The van der Waals surface area contributed by atoms with Gasteiger partial charge in [0.05, 0.1) is 25.4 Å². The number of methoxy groups -OCH3 is 2. The Bertz CT molecular complexity index is 1160. The van der Waals surface area contributed by atoms with Gasteiger partial charge in [0.25, 0.3) is 5.91 Å². The summed E-state index contributed by atoms with van der Waals surface area (Å²) in [5, 5.41) is 3.81. The number of nitrogens with zero attached hydrogens (tertiary/aromatic N) is 3. The van der Waals surface area contributed by atoms with Crippen molar-refractivity contribution in [1.82, 2.24) is 14.4 Å². The van der Waals surface area contributed by atoms with Crippen LogP contribution in [-0.2, 0) is 10.0 Å². The van der Waals surface area contributed by atoms with E-state index < -0.39 is 10.0 Å². The number of aromatic nitrogens is 1. The van der Waals surface area contributed by atoms with E-state index in [2.05, 4.69) is 5.16 Å². The summed E-state index contributed by atoms with van der Waals surface area (Å²) in [6, 6.07) is 9.36. The van der Waals surface area contributed by atoms with E-state index in [-0.39, 0.29) is 42.7 Å². The number of rotatable bonds is 6. The van der Waals surface area contributed by atoms with Crippen molar-refractivity contribution >= 4 is 15.9 Å². The Morgan fingerprint density at radius 3 is 2.39 bits per heavy atom. The Balaban J connectivity index is 1.44. The molecule has 4 rings (SSSR count). The highest BCUT2D eigenvalue weighted by molar-refractivity contribution is 7.89. The molecule has 10 nitrogen and oxygen atoms in total. The van der Waals surface area contributed by atoms with Crippen molar-refractivity contribution in [3.8, 4) is 23.0 Å². The molecule has 3 aromatic rings. The highest BCUT2D eigenvalue weighted by Crippen LogP contribution is 2.31. The van der Waals surface area contributed by atoms with Gasteiger partial charge in [-0.25, -0.2) is 8.42 Å². The third-order valence-corrected chi connectivity index (χ3v) is 6.91. The maximum absolute atomic E-state index is 13.0. The monoisotopic (exact) mass is 447 g/mol. The third kappa shape index (κ3) is 4.01. The van der Waals surface area contributed by atoms with Crippen LogP contribution in [0.3, 0.4) is 0 Å². The summed E-state index contributed by atoms with van der Waals surface area (Å²) in [5.41, 5.74) is 0.141. The van der Waals surface area contributed by atoms with Crippen LogP contribution in [0.25, 0.3) is 11.5 Å². The molecule has 1 aromatic carbocycles. The molecule has 11 heteroatoms. The number of carbonyl (C=O) groups is 1. The number of benzene rings is 1. The summed E-state index contributed by atoms with van der Waals surface area (Å²) in [6.45, 7) is 0.777. The highest BCUT2D eigenvalue weighted by Gasteiger charge is 2.32. The fraction of sp³-hybridized carbons (Fsp3) is 0.300. The fourth-order valence-electron chi connectivity index (χ4n) is 3.33. The van der Waals surface area contributed by atoms with E-state index in [9.17, 15) is 13.2 Å². The molecule has 0 unspecified atom stereocenters. The van der Waals surface area contributed by atoms with Gasteiger partial charge in [-0.15, -0.1) is 0 Å². The minimum Gasteiger partial charge on any atom is -0.493 e. The zero-order valence-electron chi connectivity index (χ0n) is 17.0. The molecule has 164 valence electrons. The number of hydrogen-bond acceptors (Lipinski definition) is 8. The summed E-state index contributed by atoms with van der Waals surface area (Å²) < 4.78 is 48.2. The lowest BCUT2D eigenvalue weighted by atomic mass is 10.2. The van der Waals surface area contributed by atoms with Crippen LogP contribution in [-0.4, -0.2) is 69.1 Å². The summed E-state index contributed by atoms with van der Waals surface area (Å²) >= 11 is 0. The molecule has 2 aromatic heterocycles. The van der Waals surface area contributed by atoms with Crippen LogP contribution < -0.4 is 9.47 Å². The topological polar surface area (TPSA) is 115 Å². The molecule has 0 aliphatic carbocycles. The number of sulfonamides is 1. The van der Waals surface area contributed by atoms with Crippen molar-refractivity contribution in [2.45, 2.75) is 4.90 Å². The van der Waals surface area contributed by atoms with Crippen molar-refractivity contribution < 1.29 is 31.6 Å². The van der Waals surface area contributed by atoms with Gasteiger partial charge in [-0.3, -0.25) is 4.79 Å². The van der Waals surface area contributed by atoms with E-state index in [1.807, 2.05) is 0 Å². The first-order valence-electron chi connectivity index (χ1n) is 9.46. The van der Waals surface area contributed by atoms with Crippen LogP contribution in [0.15, 0.2) is 56.5 Å². The summed E-state index contributed by atoms with van der Waals surface area (Å²) in [5.74, 6) is 1.26. The average molecular weight is 447 g/mol. The predicted octanol–water partition coefficient (Wildman–Crippen LogP) is 2.10. The minimum atomic E-state index is -3.75. The SMILES string of the molecule is COc1ccc(S(=O)(=O)N2CCN(C(=O)c3cc(-c4ccco4)on3)CC2)cc1OC. The van der Waals surface area contributed by atoms with Gasteiger partial charge in [-0.05, 0) is 24.3 Å². The van der Waals surface area contributed by atoms with Crippen LogP contribution in [0.2, 0.25) is 0 Å². The molecule has 0 saturated carbocycles. The quantitative estimate of drug-likeness (QED) is 0.564. The Morgan fingerprint density at radius 1 is 1.00 bits per heavy atom. The van der Waals surface area contributed by atoms with E-state index in [4.69, 9.17) is 18.4 Å². The molecule has 0 atom stereocenters. The Kier molecular flexibility index (Phi) is 5.70. The molecule has 0 radical (unpaired) electrons. The molecular formula is C20H21N3O7S. The van der Waals surface area contributed by atoms with Crippen LogP contribution in [0.1, 0.15) is 10.5 Å². The summed E-state index contributed by atoms with van der Waals surface area (Å²) in [7, 11) is -0.820. The second-order valence-electron chi connectivity index (χ2n) is 6.77. The van der Waals surface area contributed by atoms with E-state index in [1.54, 1.807) is 23.1 Å². The van der Waals surface area contributed by atoms with Gasteiger partial charge >= 0.3 is 0 Å². The van der Waals surface area contributed by atoms with Crippen molar-refractivity contribution in [2.75, 3.05) is 40.4 Å². The van der Waals surface area contributed by atoms with Gasteiger partial charge in [0.15, 0.2) is 23.0 Å². The van der Waals surface area contributed by atoms with Crippen LogP contribution in [0, 0.1) is 0 Å². The molecule has 1 aliphatic rings. The summed E-state index contributed by atoms with van der Waals surface area (Å²) in [4.78, 5) is 14.4. The summed E-state index contributed by atoms with van der Waals surface area (Å²) in [6.07, 6.45) is 1.50. The van der Waals surface area contributed by atoms with E-state index >= 15 is 0 Å². The predicted molar refractivity (Wildman–Crippen MR) is 108 cm³/mol. The fourth-order valence-corrected chi connectivity index (χ4v) is 4.77. The van der Waals surface area contributed by atoms with Crippen LogP contribution >= 0.6 is 0 Å². The first-order chi connectivity index (χ1) is 14.9. The number of amides is 1. The second-order valence-corrected chi connectivity index (χ2v) is 8.70. The van der Waals surface area contributed by atoms with E-state index in [0.29, 0.717) is 23.0 Å². The lowest BCUT2D eigenvalue weighted by Gasteiger charge is -2.33. The van der Waals surface area contributed by atoms with Gasteiger partial charge in [0, 0.05) is 38.3 Å². The molecule has 1 amide bonds. The van der Waals surface area contributed by atoms with Crippen LogP contribution in [0.5, 0.6) is 11.5 Å². The molecule has 3 heterocycles. The Hall–Kier alpha value is -3.31. The first kappa shape index (κ1) is 20.9. The number of carbonyl (C=O) groups excluding carboxylic acids is 1. The zero-order valence-corrected chi connectivity index (χ0v) is 17.8. The molecule has 31 heavy (non-hydrogen) atoms. The highest BCUT2D eigenvalue weighted by atomic mass is 32.2. The van der Waals surface area contributed by atoms with Crippen LogP contribution in [0.4, 0.5) is 0 Å². The average Bonchev–Trinajstić information content (AvgIpc) is 3.50. The van der Waals surface area contributed by atoms with Crippen molar-refractivity contribution in [3.63, 3.8) is 0 Å². The lowest BCUT2D eigenvalue weighted by molar-refractivity contribution is 0.0687. The van der Waals surface area contributed by atoms with E-state index in [0.717, 1.165) is 0 Å². The molecule has 0 bridgehead atoms. The zero-order chi connectivity index (χ0) is 22.0. The molecular weight excluding hydrogens is 426 g/mol. The molecule has 0 spiro atoms. The standard InChI is InChI=1S/C20H21N3O7S/c1-27-16-6-5-14(12-18(16)28-2)31(25,26)23-9-7-22(8-10-23)20(24)15-13-19(30-21-15)17-4-3-11-29-17/h3-6,11-13H,7-10H2,1-2H3. The minimum absolute atomic E-state index is 0.101. The largest absolute Gasteiger partial charge is 0.493 e. The van der Waals surface area contributed by atoms with Gasteiger partial charge in [-0.1, -0.05) is 5.16 Å². The third-order valence-electron chi connectivity index (χ3n) is 5.01. The van der Waals surface area contributed by atoms with Gasteiger partial charge in [-0.2, -0.15) is 4.31 Å². The molecule has 1 fully saturated rings. The first-order valence-corrected chi connectivity index (χ1v) is 10.9. The molecule has 1 aliphatic heterocycles. The number of hydrogen-bond donors (Lipinski definition) is 0. The Labute approximate surface area is 179 Å². The normalized spacial score (nSPS) is 15.1. The number of ether oxygens (including phenoxy) is 2. The maximum atomic E-state index is 13.0. The smallest absolute Gasteiger partial charge is 0.276 e. The number of piperazine rings is 1. The molecule has 1 saturated heterocycles. The van der Waals surface area contributed by atoms with Gasteiger partial charge in [0.2, 0.25) is 15.8 Å². The Morgan fingerprint density at radius 2 is 1.74 bits per heavy atom. The van der Waals surface area contributed by atoms with E-state index in [1.165, 1.54) is 43.0 Å². The van der Waals surface area contributed by atoms with Crippen molar-refractivity contribution in [1.29, 1.82) is 0 Å². The second kappa shape index (κ2) is 8.44. The number of furan rings is 1. The maximum Gasteiger partial charge on any atom is 0.276 e. The lowest BCUT2D eigenvalue weighted by Crippen LogP contribution is -2.50. The molecule has 0 N–H and O–H groups in total. The van der Waals surface area contributed by atoms with Gasteiger partial charge in [0.1, 0.15) is 0 Å². The van der Waals surface area contributed by atoms with Gasteiger partial charge < -0.3 is 23.3 Å². The van der Waals surface area contributed by atoms with Crippen molar-refractivity contribution in [3.05, 3.63) is 48.4 Å².